The molecule has 1 fully saturated rings. The summed E-state index contributed by atoms with van der Waals surface area (Å²) in [5.74, 6) is 1.19. The van der Waals surface area contributed by atoms with Crippen LogP contribution in [0.2, 0.25) is 0 Å². The first-order valence-electron chi connectivity index (χ1n) is 7.90. The Kier molecular flexibility index (Phi) is 5.20. The summed E-state index contributed by atoms with van der Waals surface area (Å²) in [5.41, 5.74) is 2.67. The van der Waals surface area contributed by atoms with Crippen LogP contribution in [0.1, 0.15) is 30.4 Å². The minimum absolute atomic E-state index is 0.376. The highest BCUT2D eigenvalue weighted by atomic mass is 32.2. The zero-order valence-corrected chi connectivity index (χ0v) is 13.6. The summed E-state index contributed by atoms with van der Waals surface area (Å²) in [6.07, 6.45) is 3.96. The van der Waals surface area contributed by atoms with E-state index in [1.165, 1.54) is 41.3 Å². The molecule has 1 unspecified atom stereocenters. The summed E-state index contributed by atoms with van der Waals surface area (Å²) in [5, 5.41) is 1.21. The normalized spacial score (nSPS) is 22.1. The minimum Gasteiger partial charge on any atom is -0.376 e. The van der Waals surface area contributed by atoms with Gasteiger partial charge in [-0.1, -0.05) is 41.6 Å². The SMILES string of the molecule is Cc1ccc(CN(CC2CCCO2)C2=NCCCS2)cc1. The lowest BCUT2D eigenvalue weighted by Gasteiger charge is -2.29. The molecule has 0 saturated carbocycles. The molecule has 0 radical (unpaired) electrons. The second-order valence-corrected chi connectivity index (χ2v) is 6.93. The van der Waals surface area contributed by atoms with Crippen LogP contribution in [0, 0.1) is 6.92 Å². The molecule has 1 atom stereocenters. The van der Waals surface area contributed by atoms with Crippen molar-refractivity contribution in [2.75, 3.05) is 25.4 Å². The zero-order valence-electron chi connectivity index (χ0n) is 12.8. The van der Waals surface area contributed by atoms with E-state index < -0.39 is 0 Å². The van der Waals surface area contributed by atoms with Gasteiger partial charge in [0.05, 0.1) is 6.10 Å². The minimum atomic E-state index is 0.376. The highest BCUT2D eigenvalue weighted by molar-refractivity contribution is 8.13. The monoisotopic (exact) mass is 304 g/mol. The van der Waals surface area contributed by atoms with Gasteiger partial charge >= 0.3 is 0 Å². The van der Waals surface area contributed by atoms with Gasteiger partial charge in [0, 0.05) is 32.0 Å². The standard InChI is InChI=1S/C17H24N2OS/c1-14-5-7-15(8-6-14)12-19(13-16-4-2-10-20-16)17-18-9-3-11-21-17/h5-8,16H,2-4,9-13H2,1H3. The molecule has 1 aromatic rings. The summed E-state index contributed by atoms with van der Waals surface area (Å²) < 4.78 is 5.83. The Morgan fingerprint density at radius 2 is 2.14 bits per heavy atom. The van der Waals surface area contributed by atoms with Crippen molar-refractivity contribution in [2.24, 2.45) is 4.99 Å². The molecule has 0 amide bonds. The largest absolute Gasteiger partial charge is 0.376 e. The number of aryl methyl sites for hydroxylation is 1. The van der Waals surface area contributed by atoms with Crippen LogP contribution < -0.4 is 0 Å². The molecule has 0 aromatic heterocycles. The first kappa shape index (κ1) is 14.9. The maximum Gasteiger partial charge on any atom is 0.159 e. The van der Waals surface area contributed by atoms with Crippen LogP contribution in [0.3, 0.4) is 0 Å². The predicted octanol–water partition coefficient (Wildman–Crippen LogP) is 3.47. The van der Waals surface area contributed by atoms with E-state index in [-0.39, 0.29) is 0 Å². The van der Waals surface area contributed by atoms with Gasteiger partial charge in [-0.2, -0.15) is 0 Å². The topological polar surface area (TPSA) is 24.8 Å². The third-order valence-electron chi connectivity index (χ3n) is 3.99. The molecule has 21 heavy (non-hydrogen) atoms. The molecule has 0 spiro atoms. The predicted molar refractivity (Wildman–Crippen MR) is 89.9 cm³/mol. The number of nitrogens with zero attached hydrogens (tertiary/aromatic N) is 2. The van der Waals surface area contributed by atoms with E-state index in [4.69, 9.17) is 9.73 Å². The lowest BCUT2D eigenvalue weighted by Crippen LogP contribution is -2.36. The molecule has 2 heterocycles. The first-order chi connectivity index (χ1) is 10.3. The number of hydrogen-bond donors (Lipinski definition) is 0. The molecule has 4 heteroatoms. The third-order valence-corrected chi connectivity index (χ3v) is 5.13. The number of aliphatic imine (C=N–C) groups is 1. The fourth-order valence-corrected chi connectivity index (χ4v) is 3.76. The smallest absolute Gasteiger partial charge is 0.159 e. The van der Waals surface area contributed by atoms with Crippen molar-refractivity contribution in [1.29, 1.82) is 0 Å². The van der Waals surface area contributed by atoms with Crippen LogP contribution >= 0.6 is 11.8 Å². The maximum atomic E-state index is 5.83. The average molecular weight is 304 g/mol. The van der Waals surface area contributed by atoms with Crippen molar-refractivity contribution >= 4 is 16.9 Å². The van der Waals surface area contributed by atoms with Gasteiger partial charge < -0.3 is 9.64 Å². The van der Waals surface area contributed by atoms with Crippen molar-refractivity contribution in [3.8, 4) is 0 Å². The van der Waals surface area contributed by atoms with Crippen molar-refractivity contribution in [3.05, 3.63) is 35.4 Å². The van der Waals surface area contributed by atoms with Gasteiger partial charge in [0.1, 0.15) is 0 Å². The summed E-state index contributed by atoms with van der Waals surface area (Å²) in [7, 11) is 0. The molecule has 3 rings (SSSR count). The van der Waals surface area contributed by atoms with E-state index in [1.807, 2.05) is 11.8 Å². The molecule has 0 bridgehead atoms. The summed E-state index contributed by atoms with van der Waals surface area (Å²) in [4.78, 5) is 7.16. The highest BCUT2D eigenvalue weighted by Gasteiger charge is 2.22. The average Bonchev–Trinajstić information content (AvgIpc) is 3.03. The van der Waals surface area contributed by atoms with Gasteiger partial charge in [0.2, 0.25) is 0 Å². The third kappa shape index (κ3) is 4.24. The molecular weight excluding hydrogens is 280 g/mol. The second-order valence-electron chi connectivity index (χ2n) is 5.87. The molecule has 114 valence electrons. The number of amidine groups is 1. The summed E-state index contributed by atoms with van der Waals surface area (Å²) >= 11 is 1.90. The fraction of sp³-hybridized carbons (Fsp3) is 0.588. The van der Waals surface area contributed by atoms with Crippen LogP contribution in [-0.2, 0) is 11.3 Å². The Labute approximate surface area is 131 Å². The molecule has 3 nitrogen and oxygen atoms in total. The molecule has 2 aliphatic rings. The number of hydrogen-bond acceptors (Lipinski definition) is 4. The van der Waals surface area contributed by atoms with Gasteiger partial charge in [-0.05, 0) is 31.7 Å². The van der Waals surface area contributed by atoms with Crippen molar-refractivity contribution in [3.63, 3.8) is 0 Å². The van der Waals surface area contributed by atoms with Crippen LogP contribution in [-0.4, -0.2) is 41.6 Å². The van der Waals surface area contributed by atoms with Crippen molar-refractivity contribution < 1.29 is 4.74 Å². The van der Waals surface area contributed by atoms with Crippen molar-refractivity contribution in [2.45, 2.75) is 38.8 Å². The van der Waals surface area contributed by atoms with Crippen LogP contribution in [0.25, 0.3) is 0 Å². The first-order valence-corrected chi connectivity index (χ1v) is 8.89. The van der Waals surface area contributed by atoms with E-state index in [0.717, 1.165) is 26.2 Å². The molecule has 2 aliphatic heterocycles. The molecule has 1 saturated heterocycles. The number of thioether (sulfide) groups is 1. The van der Waals surface area contributed by atoms with Gasteiger partial charge in [0.15, 0.2) is 5.17 Å². The van der Waals surface area contributed by atoms with Crippen LogP contribution in [0.4, 0.5) is 0 Å². The Balaban J connectivity index is 1.70. The van der Waals surface area contributed by atoms with E-state index in [2.05, 4.69) is 36.1 Å². The Bertz CT molecular complexity index is 480. The van der Waals surface area contributed by atoms with Crippen molar-refractivity contribution in [1.82, 2.24) is 4.90 Å². The van der Waals surface area contributed by atoms with Gasteiger partial charge in [-0.25, -0.2) is 0 Å². The molecule has 1 aromatic carbocycles. The van der Waals surface area contributed by atoms with Gasteiger partial charge in [0.25, 0.3) is 0 Å². The van der Waals surface area contributed by atoms with E-state index in [0.29, 0.717) is 6.10 Å². The molecule has 0 aliphatic carbocycles. The van der Waals surface area contributed by atoms with Gasteiger partial charge in [-0.15, -0.1) is 0 Å². The second kappa shape index (κ2) is 7.32. The summed E-state index contributed by atoms with van der Waals surface area (Å²) in [6, 6.07) is 8.84. The van der Waals surface area contributed by atoms with Gasteiger partial charge in [-0.3, -0.25) is 4.99 Å². The zero-order chi connectivity index (χ0) is 14.5. The fourth-order valence-electron chi connectivity index (χ4n) is 2.80. The highest BCUT2D eigenvalue weighted by Crippen LogP contribution is 2.21. The lowest BCUT2D eigenvalue weighted by atomic mass is 10.1. The van der Waals surface area contributed by atoms with Crippen LogP contribution in [0.5, 0.6) is 0 Å². The summed E-state index contributed by atoms with van der Waals surface area (Å²) in [6.45, 7) is 5.93. The lowest BCUT2D eigenvalue weighted by molar-refractivity contribution is 0.0906. The van der Waals surface area contributed by atoms with E-state index >= 15 is 0 Å². The molecular formula is C17H24N2OS. The van der Waals surface area contributed by atoms with E-state index in [1.54, 1.807) is 0 Å². The molecule has 0 N–H and O–H groups in total. The quantitative estimate of drug-likeness (QED) is 0.851. The Morgan fingerprint density at radius 3 is 2.81 bits per heavy atom. The maximum absolute atomic E-state index is 5.83. The Morgan fingerprint density at radius 1 is 1.29 bits per heavy atom. The van der Waals surface area contributed by atoms with E-state index in [9.17, 15) is 0 Å². The number of benzene rings is 1. The Hall–Kier alpha value is -1.00. The van der Waals surface area contributed by atoms with Crippen LogP contribution in [0.15, 0.2) is 29.3 Å². The number of ether oxygens (including phenoxy) is 1. The number of rotatable bonds is 4.